The van der Waals surface area contributed by atoms with Gasteiger partial charge in [0.15, 0.2) is 5.01 Å². The van der Waals surface area contributed by atoms with Gasteiger partial charge in [-0.05, 0) is 50.7 Å². The Labute approximate surface area is 261 Å². The number of nitrogens with one attached hydrogen (secondary N) is 2. The van der Waals surface area contributed by atoms with Gasteiger partial charge in [-0.15, -0.1) is 11.3 Å². The second-order valence-electron chi connectivity index (χ2n) is 11.9. The topological polar surface area (TPSA) is 118 Å². The highest BCUT2D eigenvalue weighted by molar-refractivity contribution is 7.11. The summed E-state index contributed by atoms with van der Waals surface area (Å²) in [6.45, 7) is 4.27. The molecule has 2 aliphatic carbocycles. The molecule has 2 aromatic heterocycles. The molecule has 2 aliphatic rings. The van der Waals surface area contributed by atoms with E-state index in [9.17, 15) is 19.2 Å². The Hall–Kier alpha value is -2.94. The largest absolute Gasteiger partial charge is 0.346 e. The second kappa shape index (κ2) is 19.4. The first-order valence-corrected chi connectivity index (χ1v) is 17.3. The number of hydrogen-bond donors (Lipinski definition) is 2. The zero-order chi connectivity index (χ0) is 30.9. The molecule has 2 heterocycles. The molecule has 2 atom stereocenters. The summed E-state index contributed by atoms with van der Waals surface area (Å²) in [7, 11) is 0. The summed E-state index contributed by atoms with van der Waals surface area (Å²) < 4.78 is 0. The fraction of sp³-hybridized carbons (Fsp3) is 0.647. The zero-order valence-electron chi connectivity index (χ0n) is 26.0. The van der Waals surface area contributed by atoms with E-state index in [0.717, 1.165) is 89.9 Å². The number of pyridine rings is 1. The van der Waals surface area contributed by atoms with Crippen LogP contribution in [0, 0.1) is 11.8 Å². The molecule has 2 aromatic rings. The molecule has 2 saturated carbocycles. The van der Waals surface area contributed by atoms with Crippen LogP contribution >= 0.6 is 11.3 Å². The summed E-state index contributed by atoms with van der Waals surface area (Å²) in [5, 5.41) is 8.28. The number of Topliss-reactive ketones (excluding diaryl/α,β-unsaturated/α-hetero) is 2. The quantitative estimate of drug-likeness (QED) is 0.155. The van der Waals surface area contributed by atoms with Crippen molar-refractivity contribution in [3.8, 4) is 0 Å². The van der Waals surface area contributed by atoms with Gasteiger partial charge in [0.25, 0.3) is 0 Å². The zero-order valence-corrected chi connectivity index (χ0v) is 26.8. The minimum atomic E-state index is -0.436. The Bertz CT molecular complexity index is 1110. The lowest BCUT2D eigenvalue weighted by atomic mass is 10.00. The van der Waals surface area contributed by atoms with Crippen molar-refractivity contribution in [2.24, 2.45) is 11.8 Å². The molecule has 2 fully saturated rings. The van der Waals surface area contributed by atoms with Gasteiger partial charge < -0.3 is 10.6 Å². The van der Waals surface area contributed by atoms with Crippen molar-refractivity contribution in [2.75, 3.05) is 0 Å². The molecule has 0 aromatic carbocycles. The van der Waals surface area contributed by atoms with Crippen LogP contribution in [0.2, 0.25) is 0 Å². The third-order valence-corrected chi connectivity index (χ3v) is 9.26. The Kier molecular flexibility index (Phi) is 15.6. The molecule has 0 aliphatic heterocycles. The maximum atomic E-state index is 12.6. The van der Waals surface area contributed by atoms with Crippen LogP contribution in [0.1, 0.15) is 137 Å². The van der Waals surface area contributed by atoms with Crippen molar-refractivity contribution in [1.29, 1.82) is 0 Å². The van der Waals surface area contributed by atoms with Crippen LogP contribution < -0.4 is 10.6 Å². The number of unbranched alkanes of at least 4 members (excludes halogenated alkanes) is 4. The SMILES string of the molecule is CCCCCC(NC(=O)C1CCCC1)C(=O)c1ccccn1.CCCCCC(NC(=O)C1CCCC1)C(=O)c1nccs1. The first-order chi connectivity index (χ1) is 20.9. The van der Waals surface area contributed by atoms with Crippen LogP contribution in [0.25, 0.3) is 0 Å². The lowest BCUT2D eigenvalue weighted by molar-refractivity contribution is -0.126. The van der Waals surface area contributed by atoms with E-state index >= 15 is 0 Å². The van der Waals surface area contributed by atoms with Gasteiger partial charge in [-0.2, -0.15) is 0 Å². The highest BCUT2D eigenvalue weighted by Gasteiger charge is 2.29. The van der Waals surface area contributed by atoms with Gasteiger partial charge in [0, 0.05) is 29.6 Å². The smallest absolute Gasteiger partial charge is 0.223 e. The van der Waals surface area contributed by atoms with Crippen molar-refractivity contribution >= 4 is 34.7 Å². The Morgan fingerprint density at radius 2 is 1.28 bits per heavy atom. The van der Waals surface area contributed by atoms with E-state index < -0.39 is 12.1 Å². The number of hydrogen-bond acceptors (Lipinski definition) is 7. The van der Waals surface area contributed by atoms with Crippen molar-refractivity contribution in [3.05, 3.63) is 46.7 Å². The van der Waals surface area contributed by atoms with Crippen LogP contribution in [0.5, 0.6) is 0 Å². The minimum absolute atomic E-state index is 0.0348. The molecule has 2 N–H and O–H groups in total. The number of thiazole rings is 1. The van der Waals surface area contributed by atoms with Crippen molar-refractivity contribution in [1.82, 2.24) is 20.6 Å². The van der Waals surface area contributed by atoms with E-state index in [1.165, 1.54) is 11.3 Å². The van der Waals surface area contributed by atoms with Crippen LogP contribution in [0.15, 0.2) is 36.0 Å². The Morgan fingerprint density at radius 3 is 1.72 bits per heavy atom. The average Bonchev–Trinajstić information content (AvgIpc) is 3.84. The van der Waals surface area contributed by atoms with E-state index in [2.05, 4.69) is 34.4 Å². The lowest BCUT2D eigenvalue weighted by Crippen LogP contribution is -2.43. The summed E-state index contributed by atoms with van der Waals surface area (Å²) in [4.78, 5) is 57.9. The number of carbonyl (C=O) groups is 4. The van der Waals surface area contributed by atoms with Gasteiger partial charge >= 0.3 is 0 Å². The molecule has 2 unspecified atom stereocenters. The number of carbonyl (C=O) groups excluding carboxylic acids is 4. The summed E-state index contributed by atoms with van der Waals surface area (Å²) in [5.74, 6) is 0.186. The molecule has 0 spiro atoms. The van der Waals surface area contributed by atoms with Crippen LogP contribution in [0.4, 0.5) is 0 Å². The van der Waals surface area contributed by atoms with Gasteiger partial charge in [0.1, 0.15) is 5.69 Å². The molecule has 8 nitrogen and oxygen atoms in total. The number of ketones is 2. The third-order valence-electron chi connectivity index (χ3n) is 8.47. The maximum Gasteiger partial charge on any atom is 0.223 e. The number of amides is 2. The van der Waals surface area contributed by atoms with E-state index in [4.69, 9.17) is 0 Å². The fourth-order valence-corrected chi connectivity index (χ4v) is 6.50. The van der Waals surface area contributed by atoms with Crippen LogP contribution in [-0.2, 0) is 9.59 Å². The predicted molar refractivity (Wildman–Crippen MR) is 171 cm³/mol. The van der Waals surface area contributed by atoms with E-state index in [-0.39, 0.29) is 35.2 Å². The summed E-state index contributed by atoms with van der Waals surface area (Å²) in [6, 6.07) is 4.48. The first-order valence-electron chi connectivity index (χ1n) is 16.4. The summed E-state index contributed by atoms with van der Waals surface area (Å²) in [5.41, 5.74) is 0.440. The van der Waals surface area contributed by atoms with Crippen molar-refractivity contribution in [3.63, 3.8) is 0 Å². The molecular formula is C34H50N4O4S. The van der Waals surface area contributed by atoms with E-state index in [1.54, 1.807) is 29.9 Å². The van der Waals surface area contributed by atoms with Crippen molar-refractivity contribution < 1.29 is 19.2 Å². The van der Waals surface area contributed by atoms with Crippen LogP contribution in [0.3, 0.4) is 0 Å². The van der Waals surface area contributed by atoms with Gasteiger partial charge in [-0.25, -0.2) is 4.98 Å². The molecule has 236 valence electrons. The Balaban J connectivity index is 0.000000236. The van der Waals surface area contributed by atoms with E-state index in [1.807, 2.05) is 6.07 Å². The standard InChI is InChI=1S/C18H26N2O2.C16H24N2O2S/c1-2-3-4-12-16(17(21)15-11-7-8-13-19-15)20-18(22)14-9-5-6-10-14;1-2-3-4-9-13(14(19)16-17-10-11-21-16)18-15(20)12-7-5-6-8-12/h7-8,11,13-14,16H,2-6,9-10,12H2,1H3,(H,20,22);10-13H,2-9H2,1H3,(H,18,20). The minimum Gasteiger partial charge on any atom is -0.346 e. The predicted octanol–water partition coefficient (Wildman–Crippen LogP) is 7.10. The Morgan fingerprint density at radius 1 is 0.744 bits per heavy atom. The fourth-order valence-electron chi connectivity index (χ4n) is 5.87. The van der Waals surface area contributed by atoms with Crippen LogP contribution in [-0.4, -0.2) is 45.4 Å². The highest BCUT2D eigenvalue weighted by Crippen LogP contribution is 2.26. The molecule has 0 bridgehead atoms. The molecular weight excluding hydrogens is 560 g/mol. The normalized spacial score (nSPS) is 16.6. The second-order valence-corrected chi connectivity index (χ2v) is 12.8. The number of aromatic nitrogens is 2. The lowest BCUT2D eigenvalue weighted by Gasteiger charge is -2.19. The van der Waals surface area contributed by atoms with Gasteiger partial charge in [-0.1, -0.05) is 84.1 Å². The van der Waals surface area contributed by atoms with Crippen molar-refractivity contribution in [2.45, 2.75) is 129 Å². The van der Waals surface area contributed by atoms with Gasteiger partial charge in [0.2, 0.25) is 23.4 Å². The molecule has 0 radical (unpaired) electrons. The summed E-state index contributed by atoms with van der Waals surface area (Å²) in [6.07, 6.45) is 19.2. The monoisotopic (exact) mass is 610 g/mol. The van der Waals surface area contributed by atoms with Gasteiger partial charge in [-0.3, -0.25) is 24.2 Å². The van der Waals surface area contributed by atoms with E-state index in [0.29, 0.717) is 23.5 Å². The first kappa shape index (κ1) is 34.5. The number of nitrogens with zero attached hydrogens (tertiary/aromatic N) is 2. The third kappa shape index (κ3) is 11.6. The molecule has 9 heteroatoms. The molecule has 2 amide bonds. The molecule has 4 rings (SSSR count). The summed E-state index contributed by atoms with van der Waals surface area (Å²) >= 11 is 1.35. The molecule has 0 saturated heterocycles. The van der Waals surface area contributed by atoms with Gasteiger partial charge in [0.05, 0.1) is 12.1 Å². The highest BCUT2D eigenvalue weighted by atomic mass is 32.1. The number of rotatable bonds is 16. The maximum absolute atomic E-state index is 12.6. The average molecular weight is 611 g/mol. The molecule has 43 heavy (non-hydrogen) atoms.